The largest absolute Gasteiger partial charge is 0.330 e. The number of unbranched alkanes of at least 4 members (excludes halogenated alkanes) is 6. The Morgan fingerprint density at radius 2 is 1.24 bits per heavy atom. The van der Waals surface area contributed by atoms with E-state index in [-0.39, 0.29) is 0 Å². The number of hydrogen-bond donors (Lipinski definition) is 2. The summed E-state index contributed by atoms with van der Waals surface area (Å²) in [6.45, 7) is 3.94. The summed E-state index contributed by atoms with van der Waals surface area (Å²) in [6, 6.07) is 0. The van der Waals surface area contributed by atoms with Crippen molar-refractivity contribution >= 4 is 0 Å². The van der Waals surface area contributed by atoms with Crippen LogP contribution in [0.5, 0.6) is 0 Å². The lowest BCUT2D eigenvalue weighted by molar-refractivity contribution is 0.395. The molecule has 0 aliphatic rings. The van der Waals surface area contributed by atoms with Gasteiger partial charge in [0.05, 0.1) is 0 Å². The van der Waals surface area contributed by atoms with Crippen LogP contribution in [0.2, 0.25) is 0 Å². The first-order chi connectivity index (χ1) is 8.35. The minimum absolute atomic E-state index is 0.831. The predicted molar refractivity (Wildman–Crippen MR) is 78.1 cm³/mol. The molecule has 2 nitrogen and oxygen atoms in total. The maximum absolute atomic E-state index is 5.66. The lowest BCUT2D eigenvalue weighted by Crippen LogP contribution is -2.11. The molecule has 0 saturated carbocycles. The van der Waals surface area contributed by atoms with Crippen LogP contribution in [0.3, 0.4) is 0 Å². The van der Waals surface area contributed by atoms with Gasteiger partial charge < -0.3 is 11.5 Å². The Bertz CT molecular complexity index is 137. The minimum Gasteiger partial charge on any atom is -0.330 e. The molecule has 0 spiro atoms. The van der Waals surface area contributed by atoms with E-state index in [0.717, 1.165) is 19.0 Å². The summed E-state index contributed by atoms with van der Waals surface area (Å²) in [5, 5.41) is 0. The fourth-order valence-electron chi connectivity index (χ4n) is 2.47. The molecule has 0 saturated heterocycles. The second-order valence-corrected chi connectivity index (χ2v) is 5.28. The molecular formula is C15H34N2. The quantitative estimate of drug-likeness (QED) is 0.482. The first-order valence-electron chi connectivity index (χ1n) is 7.75. The Labute approximate surface area is 109 Å². The maximum Gasteiger partial charge on any atom is -0.00746 e. The summed E-state index contributed by atoms with van der Waals surface area (Å²) < 4.78 is 0. The molecule has 0 amide bonds. The summed E-state index contributed by atoms with van der Waals surface area (Å²) >= 11 is 0. The van der Waals surface area contributed by atoms with Crippen molar-refractivity contribution in [2.24, 2.45) is 17.4 Å². The van der Waals surface area contributed by atoms with E-state index in [1.807, 2.05) is 0 Å². The molecule has 0 radical (unpaired) electrons. The minimum atomic E-state index is 0.831. The van der Waals surface area contributed by atoms with E-state index in [0.29, 0.717) is 0 Å². The van der Waals surface area contributed by atoms with E-state index in [9.17, 15) is 0 Å². The highest BCUT2D eigenvalue weighted by Gasteiger charge is 2.06. The van der Waals surface area contributed by atoms with E-state index < -0.39 is 0 Å². The summed E-state index contributed by atoms with van der Waals surface area (Å²) in [7, 11) is 0. The van der Waals surface area contributed by atoms with Crippen LogP contribution in [-0.2, 0) is 0 Å². The second-order valence-electron chi connectivity index (χ2n) is 5.28. The fraction of sp³-hybridized carbons (Fsp3) is 1.00. The molecule has 4 N–H and O–H groups in total. The van der Waals surface area contributed by atoms with Crippen LogP contribution in [-0.4, -0.2) is 13.1 Å². The SMILES string of the molecule is CCCCCCCCCC(CCN)CCCN. The average Bonchev–Trinajstić information content (AvgIpc) is 2.34. The van der Waals surface area contributed by atoms with Gasteiger partial charge >= 0.3 is 0 Å². The zero-order valence-corrected chi connectivity index (χ0v) is 11.9. The highest BCUT2D eigenvalue weighted by atomic mass is 14.5. The van der Waals surface area contributed by atoms with Gasteiger partial charge in [0.1, 0.15) is 0 Å². The Morgan fingerprint density at radius 3 is 1.82 bits per heavy atom. The first kappa shape index (κ1) is 16.9. The van der Waals surface area contributed by atoms with Crippen molar-refractivity contribution in [1.29, 1.82) is 0 Å². The van der Waals surface area contributed by atoms with Crippen molar-refractivity contribution in [3.8, 4) is 0 Å². The van der Waals surface area contributed by atoms with Crippen LogP contribution in [0.1, 0.15) is 77.6 Å². The van der Waals surface area contributed by atoms with Gasteiger partial charge in [0, 0.05) is 0 Å². The van der Waals surface area contributed by atoms with Crippen molar-refractivity contribution in [3.63, 3.8) is 0 Å². The van der Waals surface area contributed by atoms with E-state index >= 15 is 0 Å². The van der Waals surface area contributed by atoms with Gasteiger partial charge in [-0.3, -0.25) is 0 Å². The van der Waals surface area contributed by atoms with Gasteiger partial charge in [-0.25, -0.2) is 0 Å². The van der Waals surface area contributed by atoms with Gasteiger partial charge in [-0.15, -0.1) is 0 Å². The molecule has 0 rings (SSSR count). The Morgan fingerprint density at radius 1 is 0.647 bits per heavy atom. The monoisotopic (exact) mass is 242 g/mol. The Kier molecular flexibility index (Phi) is 13.9. The normalized spacial score (nSPS) is 12.9. The molecule has 104 valence electrons. The second kappa shape index (κ2) is 14.0. The van der Waals surface area contributed by atoms with Crippen LogP contribution in [0.15, 0.2) is 0 Å². The summed E-state index contributed by atoms with van der Waals surface area (Å²) in [4.78, 5) is 0. The van der Waals surface area contributed by atoms with Crippen molar-refractivity contribution in [1.82, 2.24) is 0 Å². The zero-order valence-electron chi connectivity index (χ0n) is 11.9. The molecule has 0 bridgehead atoms. The molecular weight excluding hydrogens is 208 g/mol. The lowest BCUT2D eigenvalue weighted by atomic mass is 9.93. The summed E-state index contributed by atoms with van der Waals surface area (Å²) in [5.41, 5.74) is 11.2. The van der Waals surface area contributed by atoms with E-state index in [4.69, 9.17) is 11.5 Å². The number of rotatable bonds is 13. The standard InChI is InChI=1S/C15H34N2/c1-2-3-4-5-6-7-8-10-15(12-14-17)11-9-13-16/h15H,2-14,16-17H2,1H3. The number of hydrogen-bond acceptors (Lipinski definition) is 2. The third-order valence-electron chi connectivity index (χ3n) is 3.61. The smallest absolute Gasteiger partial charge is 0.00746 e. The maximum atomic E-state index is 5.66. The molecule has 1 atom stereocenters. The predicted octanol–water partition coefficient (Wildman–Crippen LogP) is 3.83. The molecule has 0 aliphatic heterocycles. The van der Waals surface area contributed by atoms with E-state index in [1.165, 1.54) is 70.6 Å². The average molecular weight is 242 g/mol. The van der Waals surface area contributed by atoms with Crippen LogP contribution in [0, 0.1) is 5.92 Å². The van der Waals surface area contributed by atoms with Gasteiger partial charge in [-0.05, 0) is 38.3 Å². The third kappa shape index (κ3) is 12.2. The van der Waals surface area contributed by atoms with Gasteiger partial charge in [0.2, 0.25) is 0 Å². The van der Waals surface area contributed by atoms with Crippen LogP contribution in [0.25, 0.3) is 0 Å². The van der Waals surface area contributed by atoms with E-state index in [1.54, 1.807) is 0 Å². The summed E-state index contributed by atoms with van der Waals surface area (Å²) in [5.74, 6) is 0.833. The highest BCUT2D eigenvalue weighted by molar-refractivity contribution is 4.61. The molecule has 0 heterocycles. The van der Waals surface area contributed by atoms with Gasteiger partial charge in [-0.2, -0.15) is 0 Å². The third-order valence-corrected chi connectivity index (χ3v) is 3.61. The van der Waals surface area contributed by atoms with Crippen LogP contribution in [0.4, 0.5) is 0 Å². The van der Waals surface area contributed by atoms with Gasteiger partial charge in [0.15, 0.2) is 0 Å². The molecule has 0 aromatic carbocycles. The van der Waals surface area contributed by atoms with Crippen molar-refractivity contribution in [3.05, 3.63) is 0 Å². The Hall–Kier alpha value is -0.0800. The van der Waals surface area contributed by atoms with Gasteiger partial charge in [-0.1, -0.05) is 58.3 Å². The van der Waals surface area contributed by atoms with Crippen LogP contribution >= 0.6 is 0 Å². The molecule has 2 heteroatoms. The summed E-state index contributed by atoms with van der Waals surface area (Å²) in [6.07, 6.45) is 14.8. The fourth-order valence-corrected chi connectivity index (χ4v) is 2.47. The highest BCUT2D eigenvalue weighted by Crippen LogP contribution is 2.19. The molecule has 0 aromatic heterocycles. The first-order valence-corrected chi connectivity index (χ1v) is 7.75. The molecule has 0 fully saturated rings. The molecule has 17 heavy (non-hydrogen) atoms. The number of nitrogens with two attached hydrogens (primary N) is 2. The molecule has 0 aromatic rings. The van der Waals surface area contributed by atoms with Crippen molar-refractivity contribution in [2.45, 2.75) is 77.6 Å². The molecule has 0 aliphatic carbocycles. The van der Waals surface area contributed by atoms with Crippen molar-refractivity contribution in [2.75, 3.05) is 13.1 Å². The van der Waals surface area contributed by atoms with Crippen molar-refractivity contribution < 1.29 is 0 Å². The van der Waals surface area contributed by atoms with Gasteiger partial charge in [0.25, 0.3) is 0 Å². The van der Waals surface area contributed by atoms with E-state index in [2.05, 4.69) is 6.92 Å². The molecule has 1 unspecified atom stereocenters. The topological polar surface area (TPSA) is 52.0 Å². The zero-order chi connectivity index (χ0) is 12.8. The Balaban J connectivity index is 3.34. The van der Waals surface area contributed by atoms with Crippen LogP contribution < -0.4 is 11.5 Å². The lowest BCUT2D eigenvalue weighted by Gasteiger charge is -2.15.